The van der Waals surface area contributed by atoms with Crippen molar-refractivity contribution >= 4 is 24.2 Å². The van der Waals surface area contributed by atoms with Gasteiger partial charge in [0.2, 0.25) is 5.95 Å². The van der Waals surface area contributed by atoms with Gasteiger partial charge in [0.25, 0.3) is 5.91 Å². The van der Waals surface area contributed by atoms with Gasteiger partial charge < -0.3 is 25.1 Å². The van der Waals surface area contributed by atoms with Crippen LogP contribution in [-0.2, 0) is 15.8 Å². The second-order valence-corrected chi connectivity index (χ2v) is 9.53. The van der Waals surface area contributed by atoms with Gasteiger partial charge in [-0.25, -0.2) is 14.8 Å². The summed E-state index contributed by atoms with van der Waals surface area (Å²) in [6.45, 7) is 6.58. The maximum atomic E-state index is 12.9. The molecule has 0 radical (unpaired) electrons. The molecule has 0 spiro atoms. The van der Waals surface area contributed by atoms with Gasteiger partial charge in [0, 0.05) is 32.0 Å². The molecule has 2 atom stereocenters. The number of hydrogen-bond acceptors (Lipinski definition) is 7. The fourth-order valence-electron chi connectivity index (χ4n) is 3.79. The topological polar surface area (TPSA) is 120 Å². The number of carbonyl (C=O) groups is 2. The predicted molar refractivity (Wildman–Crippen MR) is 116 cm³/mol. The Labute approximate surface area is 195 Å². The Balaban J connectivity index is 1.60. The molecular weight excluding hydrogens is 457 g/mol. The number of carboxylic acid groups (broad SMARTS) is 1. The highest BCUT2D eigenvalue weighted by atomic mass is 19.4. The molecule has 1 aromatic rings. The van der Waals surface area contributed by atoms with Crippen LogP contribution in [0.25, 0.3) is 0 Å². The number of alkyl halides is 3. The van der Waals surface area contributed by atoms with Gasteiger partial charge in [-0.05, 0) is 24.2 Å². The third-order valence-corrected chi connectivity index (χ3v) is 5.85. The molecule has 0 bridgehead atoms. The smallest absolute Gasteiger partial charge is 0.419 e. The van der Waals surface area contributed by atoms with Crippen LogP contribution in [0.1, 0.15) is 39.2 Å². The summed E-state index contributed by atoms with van der Waals surface area (Å²) in [6, 6.07) is -0.734. The van der Waals surface area contributed by atoms with Crippen LogP contribution in [0.2, 0.25) is 0 Å². The highest BCUT2D eigenvalue weighted by Gasteiger charge is 2.39. The number of halogens is 3. The number of hydrogen-bond donors (Lipinski definition) is 2. The fourth-order valence-corrected chi connectivity index (χ4v) is 3.79. The number of anilines is 1. The minimum Gasteiger partial charge on any atom is -0.465 e. The highest BCUT2D eigenvalue weighted by molar-refractivity contribution is 5.78. The second kappa shape index (κ2) is 10.0. The first kappa shape index (κ1) is 25.5. The van der Waals surface area contributed by atoms with Gasteiger partial charge in [0.1, 0.15) is 0 Å². The molecule has 2 N–H and O–H groups in total. The van der Waals surface area contributed by atoms with Crippen molar-refractivity contribution in [3.8, 4) is 0 Å². The molecule has 2 aliphatic rings. The Morgan fingerprint density at radius 3 is 2.44 bits per heavy atom. The van der Waals surface area contributed by atoms with Gasteiger partial charge in [-0.2, -0.15) is 13.2 Å². The molecule has 2 amide bonds. The number of nitrogens with zero attached hydrogens (tertiary/aromatic N) is 5. The van der Waals surface area contributed by atoms with E-state index in [4.69, 9.17) is 9.94 Å². The van der Waals surface area contributed by atoms with Gasteiger partial charge in [0.05, 0.1) is 23.9 Å². The third kappa shape index (κ3) is 6.70. The first-order valence-corrected chi connectivity index (χ1v) is 10.9. The van der Waals surface area contributed by atoms with Crippen LogP contribution < -0.4 is 10.2 Å². The molecule has 0 aromatic carbocycles. The summed E-state index contributed by atoms with van der Waals surface area (Å²) >= 11 is 0. The van der Waals surface area contributed by atoms with E-state index in [9.17, 15) is 22.8 Å². The Morgan fingerprint density at radius 1 is 1.26 bits per heavy atom. The molecule has 188 valence electrons. The summed E-state index contributed by atoms with van der Waals surface area (Å²) < 4.78 is 38.4. The first-order valence-electron chi connectivity index (χ1n) is 10.9. The van der Waals surface area contributed by atoms with E-state index in [1.165, 1.54) is 6.21 Å². The molecular formula is C21H29F3N6O4. The largest absolute Gasteiger partial charge is 0.465 e. The number of nitrogens with one attached hydrogen (secondary N) is 1. The van der Waals surface area contributed by atoms with Crippen molar-refractivity contribution in [1.29, 1.82) is 0 Å². The number of piperazine rings is 1. The molecule has 13 heteroatoms. The Hall–Kier alpha value is -3.12. The zero-order valence-electron chi connectivity index (χ0n) is 19.2. The lowest BCUT2D eigenvalue weighted by atomic mass is 9.84. The zero-order valence-corrected chi connectivity index (χ0v) is 19.2. The van der Waals surface area contributed by atoms with Crippen LogP contribution in [0.5, 0.6) is 0 Å². The molecule has 1 aliphatic carbocycles. The molecule has 3 rings (SSSR count). The van der Waals surface area contributed by atoms with Crippen LogP contribution in [-0.4, -0.2) is 76.5 Å². The summed E-state index contributed by atoms with van der Waals surface area (Å²) in [5, 5.41) is 15.0. The Bertz CT molecular complexity index is 899. The van der Waals surface area contributed by atoms with Crippen molar-refractivity contribution in [2.45, 2.75) is 51.9 Å². The van der Waals surface area contributed by atoms with Crippen LogP contribution in [0, 0.1) is 11.3 Å². The molecule has 2 fully saturated rings. The summed E-state index contributed by atoms with van der Waals surface area (Å²) in [6.07, 6.45) is -0.991. The third-order valence-electron chi connectivity index (χ3n) is 5.85. The van der Waals surface area contributed by atoms with E-state index in [1.54, 1.807) is 9.80 Å². The zero-order chi connectivity index (χ0) is 25.1. The summed E-state index contributed by atoms with van der Waals surface area (Å²) in [5.41, 5.74) is -1.26. The van der Waals surface area contributed by atoms with Crippen molar-refractivity contribution in [3.63, 3.8) is 0 Å². The monoisotopic (exact) mass is 486 g/mol. The number of amides is 2. The van der Waals surface area contributed by atoms with E-state index in [0.29, 0.717) is 19.6 Å². The standard InChI is InChI=1S/C21H29F3N6O4/c1-20(2,3)16-11-29(18-25-8-14(9-26-18)21(22,23)24)6-7-30(16)17(31)12-34-27-10-15(13-4-5-13)28-19(32)33/h8-10,13,15-16,28H,4-7,11-12H2,1-3H3,(H,32,33)/b27-10+/t15-,16?/m1/s1. The van der Waals surface area contributed by atoms with Gasteiger partial charge in [-0.15, -0.1) is 0 Å². The number of carbonyl (C=O) groups excluding carboxylic acids is 1. The molecule has 1 saturated heterocycles. The van der Waals surface area contributed by atoms with E-state index in [1.807, 2.05) is 20.8 Å². The van der Waals surface area contributed by atoms with Crippen LogP contribution in [0.15, 0.2) is 17.5 Å². The number of aromatic nitrogens is 2. The Morgan fingerprint density at radius 2 is 1.91 bits per heavy atom. The molecule has 34 heavy (non-hydrogen) atoms. The van der Waals surface area contributed by atoms with E-state index < -0.39 is 23.9 Å². The second-order valence-electron chi connectivity index (χ2n) is 9.53. The van der Waals surface area contributed by atoms with Gasteiger partial charge >= 0.3 is 12.3 Å². The highest BCUT2D eigenvalue weighted by Crippen LogP contribution is 2.32. The Kier molecular flexibility index (Phi) is 7.51. The van der Waals surface area contributed by atoms with Crippen LogP contribution in [0.4, 0.5) is 23.9 Å². The number of oxime groups is 1. The summed E-state index contributed by atoms with van der Waals surface area (Å²) in [7, 11) is 0. The molecule has 10 nitrogen and oxygen atoms in total. The van der Waals surface area contributed by atoms with E-state index in [0.717, 1.165) is 25.2 Å². The van der Waals surface area contributed by atoms with Crippen molar-refractivity contribution < 1.29 is 32.7 Å². The van der Waals surface area contributed by atoms with E-state index in [2.05, 4.69) is 20.4 Å². The number of rotatable bonds is 7. The SMILES string of the molecule is CC(C)(C)C1CN(c2ncc(C(F)(F)F)cn2)CCN1C(=O)CO/N=C/[C@@H](NC(=O)O)C1CC1. The van der Waals surface area contributed by atoms with Crippen molar-refractivity contribution in [1.82, 2.24) is 20.2 Å². The normalized spacial score (nSPS) is 20.4. The molecule has 1 saturated carbocycles. The van der Waals surface area contributed by atoms with Gasteiger partial charge in [-0.3, -0.25) is 4.79 Å². The average Bonchev–Trinajstić information content (AvgIpc) is 3.59. The summed E-state index contributed by atoms with van der Waals surface area (Å²) in [4.78, 5) is 40.1. The molecule has 1 aromatic heterocycles. The fraction of sp³-hybridized carbons (Fsp3) is 0.667. The maximum Gasteiger partial charge on any atom is 0.419 e. The lowest BCUT2D eigenvalue weighted by Crippen LogP contribution is -2.60. The molecule has 1 unspecified atom stereocenters. The maximum absolute atomic E-state index is 12.9. The lowest BCUT2D eigenvalue weighted by molar-refractivity contribution is -0.141. The van der Waals surface area contributed by atoms with E-state index in [-0.39, 0.29) is 35.8 Å². The van der Waals surface area contributed by atoms with Crippen LogP contribution >= 0.6 is 0 Å². The van der Waals surface area contributed by atoms with Crippen molar-refractivity contribution in [2.75, 3.05) is 31.1 Å². The molecule has 1 aliphatic heterocycles. The van der Waals surface area contributed by atoms with Crippen molar-refractivity contribution in [3.05, 3.63) is 18.0 Å². The minimum absolute atomic E-state index is 0.173. The average molecular weight is 486 g/mol. The minimum atomic E-state index is -4.51. The quantitative estimate of drug-likeness (QED) is 0.449. The summed E-state index contributed by atoms with van der Waals surface area (Å²) in [5.74, 6) is 0.0661. The predicted octanol–water partition coefficient (Wildman–Crippen LogP) is 2.61. The van der Waals surface area contributed by atoms with Gasteiger partial charge in [0.15, 0.2) is 6.61 Å². The first-order chi connectivity index (χ1) is 15.9. The van der Waals surface area contributed by atoms with Gasteiger partial charge in [-0.1, -0.05) is 25.9 Å². The molecule has 2 heterocycles. The van der Waals surface area contributed by atoms with Crippen LogP contribution in [0.3, 0.4) is 0 Å². The lowest BCUT2D eigenvalue weighted by Gasteiger charge is -2.47. The van der Waals surface area contributed by atoms with E-state index >= 15 is 0 Å². The van der Waals surface area contributed by atoms with Crippen molar-refractivity contribution in [2.24, 2.45) is 16.5 Å².